The monoisotopic (exact) mass is 429 g/mol. The van der Waals surface area contributed by atoms with Crippen molar-refractivity contribution in [3.8, 4) is 11.3 Å². The van der Waals surface area contributed by atoms with Crippen LogP contribution in [-0.2, 0) is 6.42 Å². The van der Waals surface area contributed by atoms with Crippen LogP contribution in [0.4, 0.5) is 20.9 Å². The fourth-order valence-electron chi connectivity index (χ4n) is 3.87. The number of anilines is 3. The number of halogens is 1. The van der Waals surface area contributed by atoms with Crippen molar-refractivity contribution in [3.05, 3.63) is 94.6 Å². The first-order valence-corrected chi connectivity index (χ1v) is 10.9. The molecule has 0 fully saturated rings. The predicted molar refractivity (Wildman–Crippen MR) is 124 cm³/mol. The highest BCUT2D eigenvalue weighted by molar-refractivity contribution is 7.16. The zero-order chi connectivity index (χ0) is 21.4. The summed E-state index contributed by atoms with van der Waals surface area (Å²) in [6.45, 7) is 2.69. The van der Waals surface area contributed by atoms with Crippen molar-refractivity contribution in [2.45, 2.75) is 13.3 Å². The van der Waals surface area contributed by atoms with Crippen LogP contribution in [0.15, 0.2) is 72.8 Å². The minimum Gasteiger partial charge on any atom is -0.332 e. The summed E-state index contributed by atoms with van der Waals surface area (Å²) in [7, 11) is 0. The van der Waals surface area contributed by atoms with Gasteiger partial charge in [-0.2, -0.15) is 0 Å². The standard InChI is InChI=1S/C25H20FN3OS/c1-16-23(28-25(31-16)27-21-5-3-2-4-6-21)19-9-12-22-18(15-19)13-14-29(22)24(30)17-7-10-20(26)11-8-17/h2-12,15H,13-14H2,1H3,(H,27,28). The van der Waals surface area contributed by atoms with Gasteiger partial charge < -0.3 is 10.2 Å². The van der Waals surface area contributed by atoms with Gasteiger partial charge in [-0.3, -0.25) is 4.79 Å². The molecule has 1 aromatic heterocycles. The van der Waals surface area contributed by atoms with E-state index in [4.69, 9.17) is 4.98 Å². The normalized spacial score (nSPS) is 12.6. The molecule has 4 nitrogen and oxygen atoms in total. The van der Waals surface area contributed by atoms with Gasteiger partial charge in [-0.25, -0.2) is 9.37 Å². The number of nitrogens with zero attached hydrogens (tertiary/aromatic N) is 2. The summed E-state index contributed by atoms with van der Waals surface area (Å²) in [5, 5.41) is 4.21. The highest BCUT2D eigenvalue weighted by Crippen LogP contribution is 2.36. The average molecular weight is 430 g/mol. The third-order valence-corrected chi connectivity index (χ3v) is 6.29. The van der Waals surface area contributed by atoms with Crippen LogP contribution in [0.1, 0.15) is 20.8 Å². The Labute approximate surface area is 184 Å². The van der Waals surface area contributed by atoms with Crippen LogP contribution in [-0.4, -0.2) is 17.4 Å². The number of aromatic nitrogens is 1. The fraction of sp³-hybridized carbons (Fsp3) is 0.120. The maximum Gasteiger partial charge on any atom is 0.258 e. The van der Waals surface area contributed by atoms with Gasteiger partial charge in [0.25, 0.3) is 5.91 Å². The van der Waals surface area contributed by atoms with E-state index in [0.29, 0.717) is 12.1 Å². The number of rotatable bonds is 4. The molecule has 154 valence electrons. The molecule has 0 atom stereocenters. The molecule has 1 amide bonds. The molecule has 1 aliphatic heterocycles. The SMILES string of the molecule is Cc1sc(Nc2ccccc2)nc1-c1ccc2c(c1)CCN2C(=O)c1ccc(F)cc1. The maximum atomic E-state index is 13.2. The van der Waals surface area contributed by atoms with Crippen molar-refractivity contribution in [3.63, 3.8) is 0 Å². The van der Waals surface area contributed by atoms with Crippen molar-refractivity contribution >= 4 is 33.8 Å². The van der Waals surface area contributed by atoms with E-state index >= 15 is 0 Å². The molecule has 1 aliphatic rings. The number of carbonyl (C=O) groups excluding carboxylic acids is 1. The predicted octanol–water partition coefficient (Wildman–Crippen LogP) is 6.20. The second-order valence-electron chi connectivity index (χ2n) is 7.47. The Balaban J connectivity index is 1.40. The van der Waals surface area contributed by atoms with Gasteiger partial charge in [-0.05, 0) is 67.4 Å². The molecule has 0 aliphatic carbocycles. The molecule has 3 aromatic carbocycles. The first kappa shape index (κ1) is 19.5. The third kappa shape index (κ3) is 3.82. The molecule has 1 N–H and O–H groups in total. The van der Waals surface area contributed by atoms with Gasteiger partial charge in [0.1, 0.15) is 5.82 Å². The summed E-state index contributed by atoms with van der Waals surface area (Å²) in [5.41, 5.74) is 5.53. The van der Waals surface area contributed by atoms with Crippen LogP contribution in [0.25, 0.3) is 11.3 Å². The van der Waals surface area contributed by atoms with Crippen LogP contribution in [0.2, 0.25) is 0 Å². The molecule has 31 heavy (non-hydrogen) atoms. The van der Waals surface area contributed by atoms with E-state index in [0.717, 1.165) is 44.6 Å². The lowest BCUT2D eigenvalue weighted by Gasteiger charge is -2.17. The van der Waals surface area contributed by atoms with Crippen molar-refractivity contribution in [2.24, 2.45) is 0 Å². The Morgan fingerprint density at radius 2 is 1.84 bits per heavy atom. The Morgan fingerprint density at radius 1 is 1.06 bits per heavy atom. The molecule has 0 spiro atoms. The molecule has 0 radical (unpaired) electrons. The van der Waals surface area contributed by atoms with Crippen LogP contribution in [0.5, 0.6) is 0 Å². The number of amides is 1. The summed E-state index contributed by atoms with van der Waals surface area (Å²) in [5.74, 6) is -0.451. The number of fused-ring (bicyclic) bond motifs is 1. The Hall–Kier alpha value is -3.51. The van der Waals surface area contributed by atoms with Gasteiger partial charge >= 0.3 is 0 Å². The van der Waals surface area contributed by atoms with Crippen LogP contribution in [0.3, 0.4) is 0 Å². The largest absolute Gasteiger partial charge is 0.332 e. The summed E-state index contributed by atoms with van der Waals surface area (Å²) in [6.07, 6.45) is 0.786. The maximum absolute atomic E-state index is 13.2. The molecular weight excluding hydrogens is 409 g/mol. The number of hydrogen-bond donors (Lipinski definition) is 1. The van der Waals surface area contributed by atoms with Crippen molar-refractivity contribution in [1.82, 2.24) is 4.98 Å². The second kappa shape index (κ2) is 7.96. The van der Waals surface area contributed by atoms with Gasteiger partial charge in [0.2, 0.25) is 0 Å². The Kier molecular flexibility index (Phi) is 5.00. The highest BCUT2D eigenvalue weighted by Gasteiger charge is 2.26. The zero-order valence-electron chi connectivity index (χ0n) is 16.9. The molecule has 0 saturated heterocycles. The Bertz CT molecular complexity index is 1250. The molecule has 0 bridgehead atoms. The van der Waals surface area contributed by atoms with Gasteiger partial charge in [0, 0.05) is 33.9 Å². The lowest BCUT2D eigenvalue weighted by atomic mass is 10.1. The van der Waals surface area contributed by atoms with Gasteiger partial charge in [-0.1, -0.05) is 24.3 Å². The summed E-state index contributed by atoms with van der Waals surface area (Å²) < 4.78 is 13.2. The summed E-state index contributed by atoms with van der Waals surface area (Å²) >= 11 is 1.62. The van der Waals surface area contributed by atoms with Crippen molar-refractivity contribution in [1.29, 1.82) is 0 Å². The molecule has 5 rings (SSSR count). The first-order valence-electron chi connectivity index (χ1n) is 10.1. The summed E-state index contributed by atoms with van der Waals surface area (Å²) in [4.78, 5) is 20.6. The smallest absolute Gasteiger partial charge is 0.258 e. The number of para-hydroxylation sites is 1. The second-order valence-corrected chi connectivity index (χ2v) is 8.68. The van der Waals surface area contributed by atoms with Crippen LogP contribution >= 0.6 is 11.3 Å². The molecule has 0 unspecified atom stereocenters. The van der Waals surface area contributed by atoms with E-state index in [-0.39, 0.29) is 11.7 Å². The fourth-order valence-corrected chi connectivity index (χ4v) is 4.73. The lowest BCUT2D eigenvalue weighted by molar-refractivity contribution is 0.0989. The molecule has 6 heteroatoms. The number of aryl methyl sites for hydroxylation is 1. The molecule has 4 aromatic rings. The van der Waals surface area contributed by atoms with E-state index in [2.05, 4.69) is 18.3 Å². The number of hydrogen-bond acceptors (Lipinski definition) is 4. The first-order chi connectivity index (χ1) is 15.1. The molecule has 0 saturated carbocycles. The van der Waals surface area contributed by atoms with Gasteiger partial charge in [0.15, 0.2) is 5.13 Å². The lowest BCUT2D eigenvalue weighted by Crippen LogP contribution is -2.28. The van der Waals surface area contributed by atoms with E-state index in [1.54, 1.807) is 16.2 Å². The van der Waals surface area contributed by atoms with E-state index < -0.39 is 0 Å². The van der Waals surface area contributed by atoms with Crippen molar-refractivity contribution < 1.29 is 9.18 Å². The van der Waals surface area contributed by atoms with Gasteiger partial charge in [0.05, 0.1) is 5.69 Å². The number of thiazole rings is 1. The van der Waals surface area contributed by atoms with Crippen LogP contribution < -0.4 is 10.2 Å². The topological polar surface area (TPSA) is 45.2 Å². The minimum atomic E-state index is -0.345. The number of nitrogens with one attached hydrogen (secondary N) is 1. The third-order valence-electron chi connectivity index (χ3n) is 5.41. The highest BCUT2D eigenvalue weighted by atomic mass is 32.1. The van der Waals surface area contributed by atoms with Crippen LogP contribution in [0, 0.1) is 12.7 Å². The number of benzene rings is 3. The number of carbonyl (C=O) groups is 1. The van der Waals surface area contributed by atoms with Crippen molar-refractivity contribution in [2.75, 3.05) is 16.8 Å². The molecule has 2 heterocycles. The van der Waals surface area contributed by atoms with E-state index in [1.807, 2.05) is 42.5 Å². The Morgan fingerprint density at radius 3 is 2.61 bits per heavy atom. The molecular formula is C25H20FN3OS. The average Bonchev–Trinajstić information content (AvgIpc) is 3.37. The quantitative estimate of drug-likeness (QED) is 0.420. The van der Waals surface area contributed by atoms with E-state index in [9.17, 15) is 9.18 Å². The summed E-state index contributed by atoms with van der Waals surface area (Å²) in [6, 6.07) is 21.8. The minimum absolute atomic E-state index is 0.106. The van der Waals surface area contributed by atoms with E-state index in [1.165, 1.54) is 24.3 Å². The van der Waals surface area contributed by atoms with Gasteiger partial charge in [-0.15, -0.1) is 11.3 Å². The zero-order valence-corrected chi connectivity index (χ0v) is 17.7.